The van der Waals surface area contributed by atoms with E-state index in [0.29, 0.717) is 16.9 Å². The molecule has 4 atom stereocenters. The summed E-state index contributed by atoms with van der Waals surface area (Å²) in [6.07, 6.45) is 5.89. The van der Waals surface area contributed by atoms with Crippen molar-refractivity contribution in [1.29, 1.82) is 0 Å². The number of aliphatic hydroxyl groups is 1. The molecule has 0 saturated heterocycles. The zero-order valence-electron chi connectivity index (χ0n) is 15.9. The first-order valence-electron chi connectivity index (χ1n) is 9.48. The van der Waals surface area contributed by atoms with E-state index in [9.17, 15) is 14.7 Å². The summed E-state index contributed by atoms with van der Waals surface area (Å²) in [5.41, 5.74) is 0.453. The molecule has 3 N–H and O–H groups in total. The molecule has 2 aromatic rings. The topological polar surface area (TPSA) is 108 Å². The third kappa shape index (κ3) is 5.60. The van der Waals surface area contributed by atoms with E-state index in [4.69, 9.17) is 33.4 Å². The molecule has 160 valence electrons. The average Bonchev–Trinajstić information content (AvgIpc) is 3.25. The van der Waals surface area contributed by atoms with Crippen molar-refractivity contribution in [3.05, 3.63) is 56.5 Å². The number of aromatic nitrogens is 1. The van der Waals surface area contributed by atoms with E-state index in [2.05, 4.69) is 4.98 Å². The van der Waals surface area contributed by atoms with Crippen molar-refractivity contribution >= 4 is 52.6 Å². The SMILES string of the molecule is O=C(O)c1cc(C=C[C@@H]2[C@@H](CCCc3ccc(C(=O)O)s3)[C@H](Cl)C[C@H]2O)cc(Cl)n1. The summed E-state index contributed by atoms with van der Waals surface area (Å²) in [6, 6.07) is 6.44. The fourth-order valence-corrected chi connectivity index (χ4v) is 5.40. The largest absolute Gasteiger partial charge is 0.477 e. The molecule has 1 saturated carbocycles. The molecule has 0 unspecified atom stereocenters. The van der Waals surface area contributed by atoms with Gasteiger partial charge in [-0.25, -0.2) is 14.6 Å². The van der Waals surface area contributed by atoms with E-state index in [1.54, 1.807) is 18.2 Å². The Labute approximate surface area is 187 Å². The molecule has 2 aromatic heterocycles. The van der Waals surface area contributed by atoms with Gasteiger partial charge in [0.25, 0.3) is 0 Å². The molecule has 2 heterocycles. The number of carboxylic acid groups (broad SMARTS) is 2. The smallest absolute Gasteiger partial charge is 0.354 e. The van der Waals surface area contributed by atoms with Gasteiger partial charge < -0.3 is 15.3 Å². The van der Waals surface area contributed by atoms with Crippen LogP contribution in [0.1, 0.15) is 49.9 Å². The number of alkyl halides is 1. The van der Waals surface area contributed by atoms with E-state index < -0.39 is 18.0 Å². The van der Waals surface area contributed by atoms with Crippen molar-refractivity contribution in [2.45, 2.75) is 37.2 Å². The van der Waals surface area contributed by atoms with Crippen LogP contribution in [0, 0.1) is 11.8 Å². The van der Waals surface area contributed by atoms with Crippen LogP contribution in [0.4, 0.5) is 0 Å². The number of aryl methyl sites for hydroxylation is 1. The summed E-state index contributed by atoms with van der Waals surface area (Å²) in [5.74, 6) is -2.18. The summed E-state index contributed by atoms with van der Waals surface area (Å²) in [5, 5.41) is 28.5. The fourth-order valence-electron chi connectivity index (χ4n) is 3.82. The van der Waals surface area contributed by atoms with Crippen molar-refractivity contribution in [2.24, 2.45) is 11.8 Å². The molecule has 0 aliphatic heterocycles. The van der Waals surface area contributed by atoms with Crippen molar-refractivity contribution < 1.29 is 24.9 Å². The zero-order chi connectivity index (χ0) is 21.8. The first-order valence-corrected chi connectivity index (χ1v) is 11.1. The number of rotatable bonds is 8. The lowest BCUT2D eigenvalue weighted by Crippen LogP contribution is -2.18. The number of hydrogen-bond donors (Lipinski definition) is 3. The molecule has 1 aliphatic carbocycles. The maximum absolute atomic E-state index is 11.2. The Balaban J connectivity index is 1.66. The molecule has 6 nitrogen and oxygen atoms in total. The lowest BCUT2D eigenvalue weighted by atomic mass is 9.89. The number of carboxylic acids is 2. The number of pyridine rings is 1. The normalized spacial score (nSPS) is 23.8. The van der Waals surface area contributed by atoms with Crippen molar-refractivity contribution in [3.8, 4) is 0 Å². The Hall–Kier alpha value is -1.93. The van der Waals surface area contributed by atoms with Crippen LogP contribution in [0.25, 0.3) is 6.08 Å². The monoisotopic (exact) mass is 469 g/mol. The lowest BCUT2D eigenvalue weighted by molar-refractivity contribution is 0.0684. The quantitative estimate of drug-likeness (QED) is 0.377. The van der Waals surface area contributed by atoms with Gasteiger partial charge in [0.05, 0.1) is 6.10 Å². The Bertz CT molecular complexity index is 961. The summed E-state index contributed by atoms with van der Waals surface area (Å²) >= 11 is 13.7. The Morgan fingerprint density at radius 2 is 2.00 bits per heavy atom. The number of halogens is 2. The lowest BCUT2D eigenvalue weighted by Gasteiger charge is -2.20. The predicted octanol–water partition coefficient (Wildman–Crippen LogP) is 4.83. The molecule has 0 spiro atoms. The van der Waals surface area contributed by atoms with E-state index in [1.165, 1.54) is 17.4 Å². The number of hydrogen-bond acceptors (Lipinski definition) is 5. The van der Waals surface area contributed by atoms with Gasteiger partial charge in [0.15, 0.2) is 5.69 Å². The highest BCUT2D eigenvalue weighted by Gasteiger charge is 2.39. The first kappa shape index (κ1) is 22.7. The van der Waals surface area contributed by atoms with E-state index >= 15 is 0 Å². The number of aromatic carboxylic acids is 2. The van der Waals surface area contributed by atoms with Crippen molar-refractivity contribution in [3.63, 3.8) is 0 Å². The van der Waals surface area contributed by atoms with E-state index in [-0.39, 0.29) is 28.1 Å². The first-order chi connectivity index (χ1) is 14.2. The molecule has 0 bridgehead atoms. The minimum absolute atomic E-state index is 0.0630. The van der Waals surface area contributed by atoms with Crippen molar-refractivity contribution in [1.82, 2.24) is 4.98 Å². The second kappa shape index (κ2) is 9.92. The molecular formula is C21H21Cl2NO5S. The molecule has 0 radical (unpaired) electrons. The second-order valence-corrected chi connectivity index (χ2v) is 9.41. The summed E-state index contributed by atoms with van der Waals surface area (Å²) in [6.45, 7) is 0. The van der Waals surface area contributed by atoms with E-state index in [0.717, 1.165) is 24.1 Å². The highest BCUT2D eigenvalue weighted by atomic mass is 35.5. The van der Waals surface area contributed by atoms with Crippen LogP contribution in [0.2, 0.25) is 5.15 Å². The minimum Gasteiger partial charge on any atom is -0.477 e. The summed E-state index contributed by atoms with van der Waals surface area (Å²) in [7, 11) is 0. The number of aliphatic hydroxyl groups excluding tert-OH is 1. The predicted molar refractivity (Wildman–Crippen MR) is 117 cm³/mol. The van der Waals surface area contributed by atoms with Crippen LogP contribution in [0.5, 0.6) is 0 Å². The standard InChI is InChI=1S/C21H21Cl2NO5S/c22-15-10-17(25)14(6-4-11-8-16(20(26)27)24-19(23)9-11)13(15)3-1-2-12-5-7-18(30-12)21(28)29/h4-9,13-15,17,25H,1-3,10H2,(H,26,27)(H,28,29)/t13-,14-,15-,17-/m1/s1. The Morgan fingerprint density at radius 3 is 2.67 bits per heavy atom. The van der Waals surface area contributed by atoms with Crippen LogP contribution in [-0.4, -0.2) is 43.7 Å². The van der Waals surface area contributed by atoms with Crippen LogP contribution in [0.3, 0.4) is 0 Å². The molecule has 0 aromatic carbocycles. The van der Waals surface area contributed by atoms with Crippen LogP contribution in [-0.2, 0) is 6.42 Å². The Morgan fingerprint density at radius 1 is 1.23 bits per heavy atom. The van der Waals surface area contributed by atoms with Gasteiger partial charge in [-0.1, -0.05) is 23.8 Å². The third-order valence-corrected chi connectivity index (χ3v) is 7.08. The maximum Gasteiger partial charge on any atom is 0.354 e. The fraction of sp³-hybridized carbons (Fsp3) is 0.381. The maximum atomic E-state index is 11.2. The third-order valence-electron chi connectivity index (χ3n) is 5.25. The second-order valence-electron chi connectivity index (χ2n) is 7.30. The van der Waals surface area contributed by atoms with Gasteiger partial charge in [0, 0.05) is 16.2 Å². The summed E-state index contributed by atoms with van der Waals surface area (Å²) < 4.78 is 0. The van der Waals surface area contributed by atoms with Gasteiger partial charge in [-0.05, 0) is 61.4 Å². The molecular weight excluding hydrogens is 449 g/mol. The molecule has 1 fully saturated rings. The van der Waals surface area contributed by atoms with E-state index in [1.807, 2.05) is 12.1 Å². The van der Waals surface area contributed by atoms with Crippen LogP contribution in [0.15, 0.2) is 30.3 Å². The molecule has 0 amide bonds. The van der Waals surface area contributed by atoms with Gasteiger partial charge in [-0.3, -0.25) is 0 Å². The number of carbonyl (C=O) groups is 2. The van der Waals surface area contributed by atoms with Gasteiger partial charge in [-0.2, -0.15) is 0 Å². The number of thiophene rings is 1. The molecule has 3 rings (SSSR count). The summed E-state index contributed by atoms with van der Waals surface area (Å²) in [4.78, 5) is 27.3. The Kier molecular flexibility index (Phi) is 7.52. The highest BCUT2D eigenvalue weighted by Crippen LogP contribution is 2.40. The van der Waals surface area contributed by atoms with Crippen molar-refractivity contribution in [2.75, 3.05) is 0 Å². The van der Waals surface area contributed by atoms with Gasteiger partial charge in [0.2, 0.25) is 0 Å². The molecule has 1 aliphatic rings. The molecule has 9 heteroatoms. The molecule has 30 heavy (non-hydrogen) atoms. The average molecular weight is 470 g/mol. The zero-order valence-corrected chi connectivity index (χ0v) is 18.2. The number of nitrogens with zero attached hydrogens (tertiary/aromatic N) is 1. The highest BCUT2D eigenvalue weighted by molar-refractivity contribution is 7.13. The van der Waals surface area contributed by atoms with Gasteiger partial charge in [-0.15, -0.1) is 22.9 Å². The van der Waals surface area contributed by atoms with Crippen LogP contribution >= 0.6 is 34.5 Å². The minimum atomic E-state index is -1.16. The van der Waals surface area contributed by atoms with Crippen LogP contribution < -0.4 is 0 Å². The van der Waals surface area contributed by atoms with Gasteiger partial charge >= 0.3 is 11.9 Å². The van der Waals surface area contributed by atoms with Gasteiger partial charge in [0.1, 0.15) is 10.0 Å².